The van der Waals surface area contributed by atoms with E-state index in [1.807, 2.05) is 20.8 Å². The van der Waals surface area contributed by atoms with E-state index in [9.17, 15) is 14.0 Å². The highest BCUT2D eigenvalue weighted by Crippen LogP contribution is 2.18. The van der Waals surface area contributed by atoms with Crippen LogP contribution < -0.4 is 0 Å². The highest BCUT2D eigenvalue weighted by atomic mass is 19.1. The summed E-state index contributed by atoms with van der Waals surface area (Å²) in [6.07, 6.45) is 1.84. The first kappa shape index (κ1) is 15.9. The number of carbonyl (C=O) groups is 2. The van der Waals surface area contributed by atoms with Gasteiger partial charge in [-0.3, -0.25) is 4.79 Å². The predicted molar refractivity (Wildman–Crippen MR) is 73.5 cm³/mol. The summed E-state index contributed by atoms with van der Waals surface area (Å²) < 4.78 is 12.9. The molecule has 0 heterocycles. The standard InChI is InChI=1S/C15H18FNO3/c1-15(2,3)17(13(18)8-9-14(19)20)10-11-4-6-12(16)7-5-11/h4-9H,10H2,1-3H3,(H,19,20). The van der Waals surface area contributed by atoms with Crippen molar-refractivity contribution in [3.63, 3.8) is 0 Å². The van der Waals surface area contributed by atoms with E-state index in [0.717, 1.165) is 17.7 Å². The molecule has 20 heavy (non-hydrogen) atoms. The third kappa shape index (κ3) is 4.84. The maximum Gasteiger partial charge on any atom is 0.328 e. The molecule has 0 atom stereocenters. The molecule has 0 fully saturated rings. The summed E-state index contributed by atoms with van der Waals surface area (Å²) in [6, 6.07) is 5.85. The Bertz CT molecular complexity index is 515. The van der Waals surface area contributed by atoms with Crippen molar-refractivity contribution < 1.29 is 19.1 Å². The summed E-state index contributed by atoms with van der Waals surface area (Å²) in [5.74, 6) is -1.91. The van der Waals surface area contributed by atoms with E-state index in [4.69, 9.17) is 5.11 Å². The van der Waals surface area contributed by atoms with Crippen LogP contribution in [0.3, 0.4) is 0 Å². The monoisotopic (exact) mass is 279 g/mol. The molecule has 1 aromatic rings. The van der Waals surface area contributed by atoms with Crippen molar-refractivity contribution in [2.24, 2.45) is 0 Å². The molecule has 0 aliphatic heterocycles. The van der Waals surface area contributed by atoms with E-state index in [1.54, 1.807) is 12.1 Å². The van der Waals surface area contributed by atoms with Crippen molar-refractivity contribution >= 4 is 11.9 Å². The fourth-order valence-corrected chi connectivity index (χ4v) is 1.65. The maximum absolute atomic E-state index is 12.9. The van der Waals surface area contributed by atoms with Crippen LogP contribution in [0.15, 0.2) is 36.4 Å². The zero-order valence-corrected chi connectivity index (χ0v) is 11.8. The summed E-state index contributed by atoms with van der Waals surface area (Å²) in [7, 11) is 0. The number of carbonyl (C=O) groups excluding carboxylic acids is 1. The Morgan fingerprint density at radius 3 is 2.20 bits per heavy atom. The van der Waals surface area contributed by atoms with Gasteiger partial charge in [-0.25, -0.2) is 9.18 Å². The lowest BCUT2D eigenvalue weighted by Crippen LogP contribution is -2.44. The molecule has 0 radical (unpaired) electrons. The third-order valence-electron chi connectivity index (χ3n) is 2.70. The summed E-state index contributed by atoms with van der Waals surface area (Å²) in [5.41, 5.74) is 0.298. The van der Waals surface area contributed by atoms with Gasteiger partial charge in [-0.05, 0) is 38.5 Å². The smallest absolute Gasteiger partial charge is 0.328 e. The van der Waals surface area contributed by atoms with Gasteiger partial charge in [0.05, 0.1) is 0 Å². The van der Waals surface area contributed by atoms with E-state index < -0.39 is 17.4 Å². The number of halogens is 1. The molecule has 0 bridgehead atoms. The van der Waals surface area contributed by atoms with Crippen LogP contribution in [0, 0.1) is 5.82 Å². The molecule has 1 rings (SSSR count). The van der Waals surface area contributed by atoms with Crippen molar-refractivity contribution in [1.82, 2.24) is 4.90 Å². The first-order valence-corrected chi connectivity index (χ1v) is 6.17. The second-order valence-electron chi connectivity index (χ2n) is 5.39. The molecule has 0 saturated carbocycles. The number of carboxylic acid groups (broad SMARTS) is 1. The van der Waals surface area contributed by atoms with Crippen LogP contribution in [0.5, 0.6) is 0 Å². The topological polar surface area (TPSA) is 57.6 Å². The Balaban J connectivity index is 2.93. The number of hydrogen-bond donors (Lipinski definition) is 1. The Kier molecular flexibility index (Phi) is 5.02. The van der Waals surface area contributed by atoms with Gasteiger partial charge in [0.1, 0.15) is 5.82 Å². The van der Waals surface area contributed by atoms with E-state index in [2.05, 4.69) is 0 Å². The van der Waals surface area contributed by atoms with Crippen LogP contribution in [-0.2, 0) is 16.1 Å². The van der Waals surface area contributed by atoms with Gasteiger partial charge in [0.15, 0.2) is 0 Å². The number of benzene rings is 1. The van der Waals surface area contributed by atoms with Gasteiger partial charge >= 0.3 is 5.97 Å². The summed E-state index contributed by atoms with van der Waals surface area (Å²) in [4.78, 5) is 24.1. The van der Waals surface area contributed by atoms with E-state index in [0.29, 0.717) is 0 Å². The highest BCUT2D eigenvalue weighted by molar-refractivity contribution is 5.94. The van der Waals surface area contributed by atoms with E-state index in [1.165, 1.54) is 17.0 Å². The molecule has 0 spiro atoms. The molecule has 5 heteroatoms. The van der Waals surface area contributed by atoms with Crippen LogP contribution in [0.1, 0.15) is 26.3 Å². The average molecular weight is 279 g/mol. The average Bonchev–Trinajstić information content (AvgIpc) is 2.33. The Labute approximate surface area is 117 Å². The minimum absolute atomic E-state index is 0.284. The van der Waals surface area contributed by atoms with Crippen molar-refractivity contribution in [1.29, 1.82) is 0 Å². The van der Waals surface area contributed by atoms with Crippen molar-refractivity contribution in [2.45, 2.75) is 32.9 Å². The zero-order chi connectivity index (χ0) is 15.3. The van der Waals surface area contributed by atoms with Gasteiger partial charge in [-0.1, -0.05) is 12.1 Å². The number of hydrogen-bond acceptors (Lipinski definition) is 2. The molecule has 0 unspecified atom stereocenters. The molecule has 1 N–H and O–H groups in total. The number of nitrogens with zero attached hydrogens (tertiary/aromatic N) is 1. The number of carboxylic acids is 1. The molecule has 0 aromatic heterocycles. The summed E-state index contributed by atoms with van der Waals surface area (Å²) >= 11 is 0. The summed E-state index contributed by atoms with van der Waals surface area (Å²) in [6.45, 7) is 5.83. The molecular formula is C15H18FNO3. The molecule has 1 amide bonds. The molecular weight excluding hydrogens is 261 g/mol. The lowest BCUT2D eigenvalue weighted by Gasteiger charge is -2.35. The van der Waals surface area contributed by atoms with Gasteiger partial charge in [0.25, 0.3) is 0 Å². The SMILES string of the molecule is CC(C)(C)N(Cc1ccc(F)cc1)C(=O)C=CC(=O)O. The Morgan fingerprint density at radius 1 is 1.20 bits per heavy atom. The van der Waals surface area contributed by atoms with Crippen LogP contribution in [0.4, 0.5) is 4.39 Å². The number of rotatable bonds is 4. The van der Waals surface area contributed by atoms with Crippen LogP contribution in [0.25, 0.3) is 0 Å². The largest absolute Gasteiger partial charge is 0.478 e. The van der Waals surface area contributed by atoms with Crippen LogP contribution in [0.2, 0.25) is 0 Å². The number of amides is 1. The molecule has 1 aromatic carbocycles. The van der Waals surface area contributed by atoms with E-state index >= 15 is 0 Å². The van der Waals surface area contributed by atoms with Gasteiger partial charge in [0, 0.05) is 24.2 Å². The normalized spacial score (nSPS) is 11.6. The van der Waals surface area contributed by atoms with Crippen LogP contribution >= 0.6 is 0 Å². The fourth-order valence-electron chi connectivity index (χ4n) is 1.65. The van der Waals surface area contributed by atoms with Crippen molar-refractivity contribution in [2.75, 3.05) is 0 Å². The van der Waals surface area contributed by atoms with Gasteiger partial charge in [0.2, 0.25) is 5.91 Å². The minimum Gasteiger partial charge on any atom is -0.478 e. The second-order valence-corrected chi connectivity index (χ2v) is 5.39. The lowest BCUT2D eigenvalue weighted by molar-refractivity contribution is -0.134. The van der Waals surface area contributed by atoms with E-state index in [-0.39, 0.29) is 12.4 Å². The van der Waals surface area contributed by atoms with Crippen molar-refractivity contribution in [3.8, 4) is 0 Å². The molecule has 0 saturated heterocycles. The van der Waals surface area contributed by atoms with Gasteiger partial charge in [-0.15, -0.1) is 0 Å². The molecule has 108 valence electrons. The fraction of sp³-hybridized carbons (Fsp3) is 0.333. The molecule has 0 aliphatic carbocycles. The number of aliphatic carboxylic acids is 1. The molecule has 0 aliphatic rings. The summed E-state index contributed by atoms with van der Waals surface area (Å²) in [5, 5.41) is 8.57. The second kappa shape index (κ2) is 6.32. The van der Waals surface area contributed by atoms with Gasteiger partial charge < -0.3 is 10.0 Å². The van der Waals surface area contributed by atoms with Crippen molar-refractivity contribution in [3.05, 3.63) is 47.8 Å². The Morgan fingerprint density at radius 2 is 1.75 bits per heavy atom. The highest BCUT2D eigenvalue weighted by Gasteiger charge is 2.25. The van der Waals surface area contributed by atoms with Gasteiger partial charge in [-0.2, -0.15) is 0 Å². The first-order chi connectivity index (χ1) is 9.20. The lowest BCUT2D eigenvalue weighted by atomic mass is 10.0. The predicted octanol–water partition coefficient (Wildman–Crippen LogP) is 2.59. The maximum atomic E-state index is 12.9. The zero-order valence-electron chi connectivity index (χ0n) is 11.8. The van der Waals surface area contributed by atoms with Crippen LogP contribution in [-0.4, -0.2) is 27.4 Å². The third-order valence-corrected chi connectivity index (χ3v) is 2.70. The quantitative estimate of drug-likeness (QED) is 0.862. The molecule has 4 nitrogen and oxygen atoms in total. The minimum atomic E-state index is -1.17. The first-order valence-electron chi connectivity index (χ1n) is 6.17. The Hall–Kier alpha value is -2.17.